The third-order valence-corrected chi connectivity index (χ3v) is 2.55. The molecule has 1 aromatic carbocycles. The molecule has 0 unspecified atom stereocenters. The van der Waals surface area contributed by atoms with E-state index in [9.17, 15) is 0 Å². The Morgan fingerprint density at radius 3 is 2.50 bits per heavy atom. The summed E-state index contributed by atoms with van der Waals surface area (Å²) in [5, 5.41) is 0. The van der Waals surface area contributed by atoms with Crippen molar-refractivity contribution >= 4 is 33.3 Å². The van der Waals surface area contributed by atoms with Crippen molar-refractivity contribution in [3.8, 4) is 0 Å². The Balaban J connectivity index is 2.96. The Morgan fingerprint density at radius 1 is 1.30 bits per heavy atom. The topological polar surface area (TPSA) is 0 Å². The summed E-state index contributed by atoms with van der Waals surface area (Å²) in [7, 11) is 6.78. The maximum absolute atomic E-state index is 5.64. The molecule has 54 valence electrons. The molecule has 3 heteroatoms. The molecule has 0 bridgehead atoms. The number of benzene rings is 1. The van der Waals surface area contributed by atoms with Gasteiger partial charge in [0.25, 0.3) is 0 Å². The number of alkyl halides is 1. The van der Waals surface area contributed by atoms with Crippen molar-refractivity contribution in [2.75, 3.05) is 0 Å². The highest BCUT2D eigenvalue weighted by Crippen LogP contribution is 2.26. The monoisotopic (exact) mass is 192 g/mol. The number of hydrogen-bond donors (Lipinski definition) is 0. The van der Waals surface area contributed by atoms with Crippen molar-refractivity contribution in [2.45, 2.75) is 10.8 Å². The zero-order valence-corrected chi connectivity index (χ0v) is 7.51. The zero-order chi connectivity index (χ0) is 7.40. The average molecular weight is 193 g/mol. The molecule has 0 aromatic heterocycles. The van der Waals surface area contributed by atoms with E-state index in [1.165, 1.54) is 11.0 Å². The molecule has 0 radical (unpaired) electrons. The Kier molecular flexibility index (Phi) is 3.40. The summed E-state index contributed by atoms with van der Waals surface area (Å²) in [5.74, 6) is 0.524. The van der Waals surface area contributed by atoms with Crippen LogP contribution in [0.5, 0.6) is 0 Å². The quantitative estimate of drug-likeness (QED) is 0.645. The fourth-order valence-electron chi connectivity index (χ4n) is 0.689. The highest BCUT2D eigenvalue weighted by Gasteiger charge is 1.97. The van der Waals surface area contributed by atoms with Gasteiger partial charge in [0.15, 0.2) is 0 Å². The fraction of sp³-hybridized carbons (Fsp3) is 0.143. The van der Waals surface area contributed by atoms with E-state index in [1.807, 2.05) is 24.3 Å². The molecule has 0 aliphatic rings. The van der Waals surface area contributed by atoms with Crippen LogP contribution in [0.1, 0.15) is 5.56 Å². The minimum Gasteiger partial charge on any atom is -0.122 e. The number of hydrogen-bond acceptors (Lipinski definition) is 1. The lowest BCUT2D eigenvalue weighted by molar-refractivity contribution is 1.27. The first-order chi connectivity index (χ1) is 4.88. The van der Waals surface area contributed by atoms with Crippen molar-refractivity contribution in [3.63, 3.8) is 0 Å². The smallest absolute Gasteiger partial charge is 0.0485 e. The predicted molar refractivity (Wildman–Crippen MR) is 47.7 cm³/mol. The molecule has 1 aromatic rings. The van der Waals surface area contributed by atoms with Gasteiger partial charge in [-0.15, -0.1) is 11.6 Å². The van der Waals surface area contributed by atoms with Crippen LogP contribution >= 0.6 is 33.3 Å². The van der Waals surface area contributed by atoms with Crippen LogP contribution in [-0.2, 0) is 5.88 Å². The Labute approximate surface area is 74.0 Å². The van der Waals surface area contributed by atoms with Crippen LogP contribution < -0.4 is 0 Å². The van der Waals surface area contributed by atoms with Gasteiger partial charge in [0.2, 0.25) is 0 Å². The molecule has 0 amide bonds. The lowest BCUT2D eigenvalue weighted by Crippen LogP contribution is -1.78. The van der Waals surface area contributed by atoms with Gasteiger partial charge < -0.3 is 0 Å². The average Bonchev–Trinajstić information content (AvgIpc) is 2.04. The van der Waals surface area contributed by atoms with Gasteiger partial charge in [0.1, 0.15) is 0 Å². The lowest BCUT2D eigenvalue weighted by Gasteiger charge is -1.99. The standard InChI is InChI=1S/C7H6Cl2S/c8-5-6-3-1-2-4-7(6)10-9/h1-4H,5H2. The van der Waals surface area contributed by atoms with Crippen LogP contribution in [0.4, 0.5) is 0 Å². The van der Waals surface area contributed by atoms with E-state index in [2.05, 4.69) is 0 Å². The van der Waals surface area contributed by atoms with E-state index in [1.54, 1.807) is 0 Å². The Hall–Kier alpha value is 0.150. The summed E-state index contributed by atoms with van der Waals surface area (Å²) in [6.07, 6.45) is 0. The highest BCUT2D eigenvalue weighted by atomic mass is 35.7. The zero-order valence-electron chi connectivity index (χ0n) is 5.18. The van der Waals surface area contributed by atoms with Gasteiger partial charge in [0.05, 0.1) is 0 Å². The van der Waals surface area contributed by atoms with Gasteiger partial charge in [-0.3, -0.25) is 0 Å². The molecule has 0 saturated carbocycles. The van der Waals surface area contributed by atoms with E-state index in [0.717, 1.165) is 10.5 Å². The molecule has 0 fully saturated rings. The minimum atomic E-state index is 0.524. The van der Waals surface area contributed by atoms with Crippen LogP contribution in [0.25, 0.3) is 0 Å². The van der Waals surface area contributed by atoms with E-state index in [4.69, 9.17) is 22.3 Å². The van der Waals surface area contributed by atoms with Crippen LogP contribution in [0, 0.1) is 0 Å². The van der Waals surface area contributed by atoms with Crippen molar-refractivity contribution < 1.29 is 0 Å². The first-order valence-corrected chi connectivity index (χ1v) is 4.98. The molecule has 0 heterocycles. The highest BCUT2D eigenvalue weighted by molar-refractivity contribution is 8.21. The van der Waals surface area contributed by atoms with Gasteiger partial charge in [0, 0.05) is 10.8 Å². The minimum absolute atomic E-state index is 0.524. The lowest BCUT2D eigenvalue weighted by atomic mass is 10.2. The fourth-order valence-corrected chi connectivity index (χ4v) is 1.82. The normalized spacial score (nSPS) is 9.80. The number of rotatable bonds is 2. The van der Waals surface area contributed by atoms with Crippen LogP contribution in [0.2, 0.25) is 0 Å². The van der Waals surface area contributed by atoms with Crippen LogP contribution in [-0.4, -0.2) is 0 Å². The second-order valence-corrected chi connectivity index (χ2v) is 3.14. The van der Waals surface area contributed by atoms with Gasteiger partial charge in [-0.2, -0.15) is 0 Å². The second kappa shape index (κ2) is 4.12. The van der Waals surface area contributed by atoms with Gasteiger partial charge >= 0.3 is 0 Å². The van der Waals surface area contributed by atoms with E-state index in [-0.39, 0.29) is 0 Å². The van der Waals surface area contributed by atoms with Crippen molar-refractivity contribution in [3.05, 3.63) is 29.8 Å². The van der Waals surface area contributed by atoms with E-state index < -0.39 is 0 Å². The molecular weight excluding hydrogens is 187 g/mol. The number of halogens is 2. The first kappa shape index (κ1) is 8.25. The molecule has 1 rings (SSSR count). The molecular formula is C7H6Cl2S. The van der Waals surface area contributed by atoms with Gasteiger partial charge in [-0.1, -0.05) is 18.2 Å². The Morgan fingerprint density at radius 2 is 2.00 bits per heavy atom. The summed E-state index contributed by atoms with van der Waals surface area (Å²) in [5.41, 5.74) is 1.09. The van der Waals surface area contributed by atoms with Crippen LogP contribution in [0.3, 0.4) is 0 Å². The second-order valence-electron chi connectivity index (χ2n) is 1.82. The molecule has 0 N–H and O–H groups in total. The van der Waals surface area contributed by atoms with Gasteiger partial charge in [-0.25, -0.2) is 0 Å². The first-order valence-electron chi connectivity index (χ1n) is 2.81. The molecule has 0 nitrogen and oxygen atoms in total. The Bertz CT molecular complexity index is 190. The summed E-state index contributed by atoms with van der Waals surface area (Å²) >= 11 is 5.64. The summed E-state index contributed by atoms with van der Waals surface area (Å²) in [6.45, 7) is 0. The maximum Gasteiger partial charge on any atom is 0.0485 e. The summed E-state index contributed by atoms with van der Waals surface area (Å²) < 4.78 is 0. The van der Waals surface area contributed by atoms with Crippen molar-refractivity contribution in [1.29, 1.82) is 0 Å². The molecule has 0 spiro atoms. The van der Waals surface area contributed by atoms with Crippen molar-refractivity contribution in [1.82, 2.24) is 0 Å². The maximum atomic E-state index is 5.64. The third kappa shape index (κ3) is 1.82. The van der Waals surface area contributed by atoms with E-state index >= 15 is 0 Å². The SMILES string of the molecule is ClCc1ccccc1SCl. The summed E-state index contributed by atoms with van der Waals surface area (Å²) in [4.78, 5) is 1.04. The third-order valence-electron chi connectivity index (χ3n) is 1.20. The predicted octanol–water partition coefficient (Wildman–Crippen LogP) is 3.67. The molecule has 0 atom stereocenters. The van der Waals surface area contributed by atoms with E-state index in [0.29, 0.717) is 5.88 Å². The van der Waals surface area contributed by atoms with Crippen molar-refractivity contribution in [2.24, 2.45) is 0 Å². The molecule has 10 heavy (non-hydrogen) atoms. The largest absolute Gasteiger partial charge is 0.122 e. The summed E-state index contributed by atoms with van der Waals surface area (Å²) in [6, 6.07) is 7.82. The molecule has 0 aliphatic carbocycles. The molecule has 0 saturated heterocycles. The van der Waals surface area contributed by atoms with Gasteiger partial charge in [-0.05, 0) is 33.3 Å². The molecule has 0 aliphatic heterocycles. The van der Waals surface area contributed by atoms with Crippen LogP contribution in [0.15, 0.2) is 29.2 Å².